The molecule has 4 aromatic rings. The highest BCUT2D eigenvalue weighted by Gasteiger charge is 2.18. The van der Waals surface area contributed by atoms with Gasteiger partial charge < -0.3 is 20.3 Å². The van der Waals surface area contributed by atoms with Crippen LogP contribution < -0.4 is 15.5 Å². The van der Waals surface area contributed by atoms with Gasteiger partial charge in [0.1, 0.15) is 0 Å². The number of aryl methyl sites for hydroxylation is 1. The number of hydrogen-bond donors (Lipinski definition) is 2. The summed E-state index contributed by atoms with van der Waals surface area (Å²) in [5.74, 6) is 1.53. The van der Waals surface area contributed by atoms with Gasteiger partial charge in [-0.05, 0) is 61.5 Å². The molecule has 1 fully saturated rings. The number of halogens is 1. The molecule has 178 valence electrons. The number of aromatic nitrogens is 5. The Bertz CT molecular complexity index is 1320. The summed E-state index contributed by atoms with van der Waals surface area (Å²) in [7, 11) is 0. The van der Waals surface area contributed by atoms with Crippen molar-refractivity contribution in [1.82, 2.24) is 24.7 Å². The van der Waals surface area contributed by atoms with Crippen LogP contribution in [0.1, 0.15) is 5.69 Å². The van der Waals surface area contributed by atoms with Gasteiger partial charge in [-0.1, -0.05) is 11.6 Å². The first kappa shape index (κ1) is 22.8. The molecular formula is C24H23ClN8O2. The molecule has 0 atom stereocenters. The van der Waals surface area contributed by atoms with E-state index in [1.807, 2.05) is 31.3 Å². The lowest BCUT2D eigenvalue weighted by Gasteiger charge is -2.27. The fourth-order valence-corrected chi connectivity index (χ4v) is 3.67. The largest absolute Gasteiger partial charge is 0.378 e. The maximum Gasteiger partial charge on any atom is 0.323 e. The third kappa shape index (κ3) is 5.56. The van der Waals surface area contributed by atoms with E-state index in [-0.39, 0.29) is 6.03 Å². The molecule has 2 N–H and O–H groups in total. The van der Waals surface area contributed by atoms with E-state index in [0.29, 0.717) is 60.4 Å². The zero-order valence-corrected chi connectivity index (χ0v) is 19.7. The van der Waals surface area contributed by atoms with Crippen LogP contribution in [0.5, 0.6) is 0 Å². The van der Waals surface area contributed by atoms with Crippen LogP contribution in [0.2, 0.25) is 5.02 Å². The van der Waals surface area contributed by atoms with Crippen molar-refractivity contribution in [3.63, 3.8) is 0 Å². The van der Waals surface area contributed by atoms with E-state index >= 15 is 0 Å². The van der Waals surface area contributed by atoms with Crippen LogP contribution in [0.25, 0.3) is 17.3 Å². The lowest BCUT2D eigenvalue weighted by molar-refractivity contribution is 0.122. The highest BCUT2D eigenvalue weighted by molar-refractivity contribution is 6.30. The molecule has 0 bridgehead atoms. The van der Waals surface area contributed by atoms with E-state index in [0.717, 1.165) is 11.3 Å². The third-order valence-electron chi connectivity index (χ3n) is 5.34. The molecule has 2 aromatic heterocycles. The number of carbonyl (C=O) groups is 1. The second kappa shape index (κ2) is 10.1. The summed E-state index contributed by atoms with van der Waals surface area (Å²) in [5, 5.41) is 10.6. The number of urea groups is 1. The lowest BCUT2D eigenvalue weighted by Crippen LogP contribution is -2.37. The topological polar surface area (TPSA) is 110 Å². The minimum Gasteiger partial charge on any atom is -0.378 e. The molecule has 0 unspecified atom stereocenters. The number of benzene rings is 2. The first-order valence-corrected chi connectivity index (χ1v) is 11.5. The predicted molar refractivity (Wildman–Crippen MR) is 134 cm³/mol. The van der Waals surface area contributed by atoms with Crippen molar-refractivity contribution >= 4 is 35.0 Å². The summed E-state index contributed by atoms with van der Waals surface area (Å²) < 4.78 is 7.11. The van der Waals surface area contributed by atoms with Gasteiger partial charge in [0.05, 0.1) is 18.9 Å². The molecule has 1 saturated heterocycles. The molecule has 0 radical (unpaired) electrons. The highest BCUT2D eigenvalue weighted by atomic mass is 35.5. The average molecular weight is 491 g/mol. The van der Waals surface area contributed by atoms with E-state index in [4.69, 9.17) is 21.3 Å². The van der Waals surface area contributed by atoms with E-state index in [1.54, 1.807) is 41.1 Å². The van der Waals surface area contributed by atoms with Crippen LogP contribution in [-0.4, -0.2) is 57.1 Å². The third-order valence-corrected chi connectivity index (χ3v) is 5.59. The SMILES string of the molecule is Cc1ccn(-c2nc(-c3ccc(NC(=O)Nc4ccc(Cl)cc4)cc3)nc(N3CCOCC3)n2)n1. The van der Waals surface area contributed by atoms with Crippen molar-refractivity contribution < 1.29 is 9.53 Å². The summed E-state index contributed by atoms with van der Waals surface area (Å²) in [6.07, 6.45) is 1.82. The lowest BCUT2D eigenvalue weighted by atomic mass is 10.2. The molecule has 0 aliphatic carbocycles. The van der Waals surface area contributed by atoms with Crippen LogP contribution in [0, 0.1) is 6.92 Å². The van der Waals surface area contributed by atoms with E-state index in [2.05, 4.69) is 30.6 Å². The summed E-state index contributed by atoms with van der Waals surface area (Å²) in [4.78, 5) is 28.4. The van der Waals surface area contributed by atoms with Gasteiger partial charge >= 0.3 is 6.03 Å². The molecule has 0 spiro atoms. The van der Waals surface area contributed by atoms with Gasteiger partial charge in [-0.25, -0.2) is 9.48 Å². The van der Waals surface area contributed by atoms with Crippen molar-refractivity contribution in [2.45, 2.75) is 6.92 Å². The van der Waals surface area contributed by atoms with Crippen LogP contribution in [0.15, 0.2) is 60.8 Å². The fraction of sp³-hybridized carbons (Fsp3) is 0.208. The minimum absolute atomic E-state index is 0.355. The molecule has 1 aliphatic heterocycles. The normalized spacial score (nSPS) is 13.5. The van der Waals surface area contributed by atoms with Crippen molar-refractivity contribution in [3.05, 3.63) is 71.5 Å². The summed E-state index contributed by atoms with van der Waals surface area (Å²) in [6, 6.07) is 15.7. The Balaban J connectivity index is 1.37. The van der Waals surface area contributed by atoms with Crippen LogP contribution in [0.3, 0.4) is 0 Å². The molecule has 5 rings (SSSR count). The number of ether oxygens (including phenoxy) is 1. The minimum atomic E-state index is -0.355. The number of amides is 2. The highest BCUT2D eigenvalue weighted by Crippen LogP contribution is 2.22. The second-order valence-electron chi connectivity index (χ2n) is 7.92. The zero-order valence-electron chi connectivity index (χ0n) is 19.0. The number of anilines is 3. The van der Waals surface area contributed by atoms with Crippen LogP contribution in [-0.2, 0) is 4.74 Å². The Hall–Kier alpha value is -4.02. The molecule has 1 aliphatic rings. The second-order valence-corrected chi connectivity index (χ2v) is 8.36. The molecule has 0 saturated carbocycles. The summed E-state index contributed by atoms with van der Waals surface area (Å²) >= 11 is 5.89. The first-order chi connectivity index (χ1) is 17.0. The molecule has 35 heavy (non-hydrogen) atoms. The van der Waals surface area contributed by atoms with Gasteiger partial charge in [-0.3, -0.25) is 0 Å². The van der Waals surface area contributed by atoms with Gasteiger partial charge in [0.15, 0.2) is 5.82 Å². The molecule has 2 amide bonds. The van der Waals surface area contributed by atoms with Gasteiger partial charge in [0.2, 0.25) is 5.95 Å². The van der Waals surface area contributed by atoms with Crippen molar-refractivity contribution in [2.75, 3.05) is 41.8 Å². The van der Waals surface area contributed by atoms with Gasteiger partial charge in [0, 0.05) is 41.2 Å². The number of hydrogen-bond acceptors (Lipinski definition) is 7. The Morgan fingerprint density at radius 1 is 0.886 bits per heavy atom. The van der Waals surface area contributed by atoms with E-state index in [9.17, 15) is 4.79 Å². The van der Waals surface area contributed by atoms with Crippen LogP contribution in [0.4, 0.5) is 22.1 Å². The van der Waals surface area contributed by atoms with Crippen molar-refractivity contribution in [2.24, 2.45) is 0 Å². The molecule has 2 aromatic carbocycles. The molecule has 10 nitrogen and oxygen atoms in total. The van der Waals surface area contributed by atoms with Gasteiger partial charge in [-0.2, -0.15) is 20.1 Å². The number of nitrogens with zero attached hydrogens (tertiary/aromatic N) is 6. The van der Waals surface area contributed by atoms with Crippen LogP contribution >= 0.6 is 11.6 Å². The number of morpholine rings is 1. The Labute approximate surface area is 206 Å². The monoisotopic (exact) mass is 490 g/mol. The smallest absolute Gasteiger partial charge is 0.323 e. The van der Waals surface area contributed by atoms with Crippen molar-refractivity contribution in [3.8, 4) is 17.3 Å². The van der Waals surface area contributed by atoms with E-state index in [1.165, 1.54) is 0 Å². The number of carbonyl (C=O) groups excluding carboxylic acids is 1. The molecule has 11 heteroatoms. The number of rotatable bonds is 5. The van der Waals surface area contributed by atoms with Gasteiger partial charge in [-0.15, -0.1) is 0 Å². The zero-order chi connectivity index (χ0) is 24.2. The Kier molecular flexibility index (Phi) is 6.55. The predicted octanol–water partition coefficient (Wildman–Crippen LogP) is 4.17. The molecular weight excluding hydrogens is 468 g/mol. The summed E-state index contributed by atoms with van der Waals surface area (Å²) in [5.41, 5.74) is 2.93. The Morgan fingerprint density at radius 2 is 1.51 bits per heavy atom. The standard InChI is InChI=1S/C24H23ClN8O2/c1-16-10-11-33(31-16)23-29-21(28-22(30-23)32-12-14-35-15-13-32)17-2-6-19(7-3-17)26-24(34)27-20-8-4-18(25)5-9-20/h2-11H,12-15H2,1H3,(H2,26,27,34). The first-order valence-electron chi connectivity index (χ1n) is 11.1. The van der Waals surface area contributed by atoms with Crippen molar-refractivity contribution in [1.29, 1.82) is 0 Å². The maximum absolute atomic E-state index is 12.3. The Morgan fingerprint density at radius 3 is 2.14 bits per heavy atom. The molecule has 3 heterocycles. The fourth-order valence-electron chi connectivity index (χ4n) is 3.55. The maximum atomic E-state index is 12.3. The number of nitrogens with one attached hydrogen (secondary N) is 2. The quantitative estimate of drug-likeness (QED) is 0.432. The average Bonchev–Trinajstić information content (AvgIpc) is 3.32. The summed E-state index contributed by atoms with van der Waals surface area (Å²) in [6.45, 7) is 4.56. The van der Waals surface area contributed by atoms with Gasteiger partial charge in [0.25, 0.3) is 5.95 Å². The van der Waals surface area contributed by atoms with E-state index < -0.39 is 0 Å².